The van der Waals surface area contributed by atoms with Crippen LogP contribution in [-0.4, -0.2) is 47.6 Å². The van der Waals surface area contributed by atoms with Gasteiger partial charge < -0.3 is 4.74 Å². The minimum atomic E-state index is -3.96. The summed E-state index contributed by atoms with van der Waals surface area (Å²) in [4.78, 5) is 22.7. The fraction of sp³-hybridized carbons (Fsp3) is 0.385. The molecule has 0 spiro atoms. The normalized spacial score (nSPS) is 17.0. The van der Waals surface area contributed by atoms with Crippen LogP contribution in [0.5, 0.6) is 0 Å². The van der Waals surface area contributed by atoms with Gasteiger partial charge in [0, 0.05) is 6.42 Å². The van der Waals surface area contributed by atoms with E-state index in [1.54, 1.807) is 6.92 Å². The van der Waals surface area contributed by atoms with Crippen LogP contribution in [0.15, 0.2) is 29.2 Å². The van der Waals surface area contributed by atoms with Crippen LogP contribution in [0.3, 0.4) is 0 Å². The van der Waals surface area contributed by atoms with E-state index in [0.717, 1.165) is 12.1 Å². The van der Waals surface area contributed by atoms with Gasteiger partial charge in [0.15, 0.2) is 0 Å². The molecule has 1 aliphatic rings. The molecule has 1 amide bonds. The van der Waals surface area contributed by atoms with Gasteiger partial charge in [0.2, 0.25) is 26.0 Å². The van der Waals surface area contributed by atoms with Crippen LogP contribution in [0.1, 0.15) is 13.3 Å². The number of carbonyl (C=O) groups is 2. The van der Waals surface area contributed by atoms with E-state index in [1.165, 1.54) is 12.1 Å². The molecule has 0 radical (unpaired) electrons. The van der Waals surface area contributed by atoms with E-state index in [-0.39, 0.29) is 29.4 Å². The largest absolute Gasteiger partial charge is 0.465 e. The number of hydrogen-bond donors (Lipinski definition) is 1. The highest BCUT2D eigenvalue weighted by atomic mass is 32.2. The number of ether oxygens (including phenoxy) is 1. The van der Waals surface area contributed by atoms with Crippen LogP contribution < -0.4 is 9.03 Å². The van der Waals surface area contributed by atoms with E-state index >= 15 is 0 Å². The first kappa shape index (κ1) is 18.4. The Bertz CT molecular complexity index is 845. The molecule has 24 heavy (non-hydrogen) atoms. The van der Waals surface area contributed by atoms with Gasteiger partial charge in [-0.25, -0.2) is 21.1 Å². The van der Waals surface area contributed by atoms with Crippen molar-refractivity contribution in [2.24, 2.45) is 0 Å². The predicted molar refractivity (Wildman–Crippen MR) is 84.2 cm³/mol. The lowest BCUT2D eigenvalue weighted by Gasteiger charge is -2.15. The van der Waals surface area contributed by atoms with Crippen LogP contribution in [0, 0.1) is 0 Å². The summed E-state index contributed by atoms with van der Waals surface area (Å²) in [6.07, 6.45) is -0.108. The molecule has 11 heteroatoms. The van der Waals surface area contributed by atoms with Crippen LogP contribution in [0.4, 0.5) is 5.69 Å². The summed E-state index contributed by atoms with van der Waals surface area (Å²) in [5, 5.41) is 0. The summed E-state index contributed by atoms with van der Waals surface area (Å²) in [5.41, 5.74) is 0.0712. The van der Waals surface area contributed by atoms with E-state index in [4.69, 9.17) is 0 Å². The zero-order chi connectivity index (χ0) is 18.0. The van der Waals surface area contributed by atoms with E-state index < -0.39 is 38.5 Å². The van der Waals surface area contributed by atoms with Gasteiger partial charge in [-0.2, -0.15) is 4.72 Å². The number of anilines is 1. The predicted octanol–water partition coefficient (Wildman–Crippen LogP) is -0.405. The Morgan fingerprint density at radius 3 is 2.42 bits per heavy atom. The van der Waals surface area contributed by atoms with Gasteiger partial charge in [-0.05, 0) is 31.2 Å². The van der Waals surface area contributed by atoms with Crippen LogP contribution >= 0.6 is 0 Å². The van der Waals surface area contributed by atoms with Crippen LogP contribution in [-0.2, 0) is 34.4 Å². The van der Waals surface area contributed by atoms with Crippen LogP contribution in [0.25, 0.3) is 0 Å². The molecule has 0 unspecified atom stereocenters. The maximum absolute atomic E-state index is 12.0. The molecular formula is C13H16N2O7S2. The topological polar surface area (TPSA) is 127 Å². The summed E-state index contributed by atoms with van der Waals surface area (Å²) in [6.45, 7) is 1.21. The molecule has 0 bridgehead atoms. The van der Waals surface area contributed by atoms with Crippen molar-refractivity contribution in [2.45, 2.75) is 18.2 Å². The minimum Gasteiger partial charge on any atom is -0.465 e. The van der Waals surface area contributed by atoms with Crippen molar-refractivity contribution in [1.82, 2.24) is 4.72 Å². The lowest BCUT2D eigenvalue weighted by Crippen LogP contribution is -2.31. The molecule has 1 aromatic rings. The second-order valence-electron chi connectivity index (χ2n) is 4.85. The maximum Gasteiger partial charge on any atom is 0.321 e. The maximum atomic E-state index is 12.0. The number of esters is 1. The molecule has 1 aliphatic heterocycles. The third-order valence-corrected chi connectivity index (χ3v) is 6.28. The van der Waals surface area contributed by atoms with Crippen molar-refractivity contribution in [3.63, 3.8) is 0 Å². The second-order valence-corrected chi connectivity index (χ2v) is 8.55. The zero-order valence-corrected chi connectivity index (χ0v) is 14.4. The summed E-state index contributed by atoms with van der Waals surface area (Å²) >= 11 is 0. The Morgan fingerprint density at radius 2 is 1.92 bits per heavy atom. The molecule has 0 aromatic heterocycles. The first-order valence-electron chi connectivity index (χ1n) is 6.98. The molecule has 2 rings (SSSR count). The number of amides is 1. The van der Waals surface area contributed by atoms with Crippen molar-refractivity contribution < 1.29 is 31.2 Å². The van der Waals surface area contributed by atoms with Crippen molar-refractivity contribution in [3.05, 3.63) is 24.3 Å². The summed E-state index contributed by atoms with van der Waals surface area (Å²) < 4.78 is 55.1. The monoisotopic (exact) mass is 376 g/mol. The van der Waals surface area contributed by atoms with Gasteiger partial charge in [0.25, 0.3) is 0 Å². The molecule has 0 atom stereocenters. The highest BCUT2D eigenvalue weighted by molar-refractivity contribution is 7.94. The number of nitrogens with one attached hydrogen (secondary N) is 1. The van der Waals surface area contributed by atoms with Crippen molar-refractivity contribution in [3.8, 4) is 0 Å². The molecule has 1 aromatic carbocycles. The molecule has 0 saturated carbocycles. The van der Waals surface area contributed by atoms with Gasteiger partial charge in [0.05, 0.1) is 22.9 Å². The Hall–Kier alpha value is -1.98. The van der Waals surface area contributed by atoms with Gasteiger partial charge in [-0.15, -0.1) is 0 Å². The van der Waals surface area contributed by atoms with Gasteiger partial charge in [-0.1, -0.05) is 0 Å². The highest BCUT2D eigenvalue weighted by Crippen LogP contribution is 2.26. The molecule has 9 nitrogen and oxygen atoms in total. The Balaban J connectivity index is 2.17. The zero-order valence-electron chi connectivity index (χ0n) is 12.8. The first-order valence-corrected chi connectivity index (χ1v) is 10.1. The Morgan fingerprint density at radius 1 is 1.29 bits per heavy atom. The minimum absolute atomic E-state index is 0.0712. The third-order valence-electron chi connectivity index (χ3n) is 3.17. The highest BCUT2D eigenvalue weighted by Gasteiger charge is 2.36. The van der Waals surface area contributed by atoms with Gasteiger partial charge in [0.1, 0.15) is 6.54 Å². The standard InChI is InChI=1S/C13H16N2O7S2/c1-2-22-13(17)9-14-24(20,21)11-5-3-10(4-6-11)15-12(16)7-8-23(15,18)19/h3-6,14H,2,7-9H2,1H3. The van der Waals surface area contributed by atoms with Gasteiger partial charge in [-0.3, -0.25) is 9.59 Å². The number of rotatable bonds is 6. The number of benzene rings is 1. The Labute approximate surface area is 139 Å². The van der Waals surface area contributed by atoms with Gasteiger partial charge >= 0.3 is 5.97 Å². The molecular weight excluding hydrogens is 360 g/mol. The van der Waals surface area contributed by atoms with E-state index in [1.807, 2.05) is 0 Å². The average Bonchev–Trinajstić information content (AvgIpc) is 2.79. The van der Waals surface area contributed by atoms with E-state index in [0.29, 0.717) is 4.31 Å². The van der Waals surface area contributed by atoms with Crippen LogP contribution in [0.2, 0.25) is 0 Å². The molecule has 1 fully saturated rings. The molecule has 1 N–H and O–H groups in total. The van der Waals surface area contributed by atoms with E-state index in [9.17, 15) is 26.4 Å². The SMILES string of the molecule is CCOC(=O)CNS(=O)(=O)c1ccc(N2C(=O)CCS2(=O)=O)cc1. The van der Waals surface area contributed by atoms with Crippen molar-refractivity contribution in [2.75, 3.05) is 23.2 Å². The van der Waals surface area contributed by atoms with Crippen molar-refractivity contribution >= 4 is 37.6 Å². The lowest BCUT2D eigenvalue weighted by molar-refractivity contribution is -0.141. The first-order chi connectivity index (χ1) is 11.2. The molecule has 1 heterocycles. The quantitative estimate of drug-likeness (QED) is 0.669. The van der Waals surface area contributed by atoms with Crippen molar-refractivity contribution in [1.29, 1.82) is 0 Å². The molecule has 1 saturated heterocycles. The molecule has 132 valence electrons. The fourth-order valence-electron chi connectivity index (χ4n) is 2.08. The Kier molecular flexibility index (Phi) is 5.26. The number of carbonyl (C=O) groups excluding carboxylic acids is 2. The second kappa shape index (κ2) is 6.87. The molecule has 0 aliphatic carbocycles. The third kappa shape index (κ3) is 3.91. The number of hydrogen-bond acceptors (Lipinski definition) is 7. The summed E-state index contributed by atoms with van der Waals surface area (Å²) in [7, 11) is -7.67. The fourth-order valence-corrected chi connectivity index (χ4v) is 4.51. The number of nitrogens with zero attached hydrogens (tertiary/aromatic N) is 1. The summed E-state index contributed by atoms with van der Waals surface area (Å²) in [6, 6.07) is 4.76. The average molecular weight is 376 g/mol. The smallest absolute Gasteiger partial charge is 0.321 e. The number of sulfonamides is 2. The van der Waals surface area contributed by atoms with E-state index in [2.05, 4.69) is 9.46 Å². The summed E-state index contributed by atoms with van der Waals surface area (Å²) in [5.74, 6) is -1.55. The lowest BCUT2D eigenvalue weighted by atomic mass is 10.3.